The lowest BCUT2D eigenvalue weighted by Gasteiger charge is -2.21. The minimum absolute atomic E-state index is 0.00683. The molecule has 0 spiro atoms. The first-order chi connectivity index (χ1) is 9.49. The minimum atomic E-state index is -1.30. The smallest absolute Gasteiger partial charge is 0.337 e. The van der Waals surface area contributed by atoms with Gasteiger partial charge in [-0.3, -0.25) is 0 Å². The Morgan fingerprint density at radius 1 is 1.15 bits per heavy atom. The summed E-state index contributed by atoms with van der Waals surface area (Å²) in [7, 11) is 0. The standard InChI is InChI=1S/C12H16N2O6/c15-5-3-14(4-6-16)12(20)13-10-2-1-8(17)7-9(10)11(18)19/h1-2,7,15-17H,3-6H2,(H,13,20)(H,18,19). The second kappa shape index (κ2) is 7.31. The number of nitrogens with zero attached hydrogens (tertiary/aromatic N) is 1. The van der Waals surface area contributed by atoms with Gasteiger partial charge in [-0.25, -0.2) is 9.59 Å². The first-order valence-corrected chi connectivity index (χ1v) is 5.83. The summed E-state index contributed by atoms with van der Waals surface area (Å²) in [5, 5.41) is 38.3. The van der Waals surface area contributed by atoms with Crippen molar-refractivity contribution in [2.45, 2.75) is 0 Å². The van der Waals surface area contributed by atoms with Crippen molar-refractivity contribution in [1.29, 1.82) is 0 Å². The summed E-state index contributed by atoms with van der Waals surface area (Å²) in [5.41, 5.74) is -0.243. The molecule has 2 amide bonds. The molecule has 0 saturated carbocycles. The number of aromatic carboxylic acids is 1. The van der Waals surface area contributed by atoms with Gasteiger partial charge in [0.2, 0.25) is 0 Å². The molecule has 5 N–H and O–H groups in total. The lowest BCUT2D eigenvalue weighted by atomic mass is 10.1. The summed E-state index contributed by atoms with van der Waals surface area (Å²) < 4.78 is 0. The number of phenols is 1. The Hall–Kier alpha value is -2.32. The minimum Gasteiger partial charge on any atom is -0.508 e. The molecule has 1 rings (SSSR count). The van der Waals surface area contributed by atoms with Crippen molar-refractivity contribution in [2.24, 2.45) is 0 Å². The van der Waals surface area contributed by atoms with Crippen molar-refractivity contribution in [3.8, 4) is 5.75 Å². The van der Waals surface area contributed by atoms with Gasteiger partial charge in [0.1, 0.15) is 5.75 Å². The molecule has 8 nitrogen and oxygen atoms in total. The van der Waals surface area contributed by atoms with Crippen LogP contribution < -0.4 is 5.32 Å². The summed E-state index contributed by atoms with van der Waals surface area (Å²) in [6, 6.07) is 2.86. The van der Waals surface area contributed by atoms with E-state index in [9.17, 15) is 14.7 Å². The Morgan fingerprint density at radius 3 is 2.25 bits per heavy atom. The van der Waals surface area contributed by atoms with Crippen LogP contribution in [0.4, 0.5) is 10.5 Å². The van der Waals surface area contributed by atoms with Gasteiger partial charge in [-0.2, -0.15) is 0 Å². The summed E-state index contributed by atoms with van der Waals surface area (Å²) in [4.78, 5) is 24.0. The van der Waals surface area contributed by atoms with Crippen LogP contribution in [0.5, 0.6) is 5.75 Å². The molecule has 0 aliphatic heterocycles. The Kier molecular flexibility index (Phi) is 5.75. The van der Waals surface area contributed by atoms with Gasteiger partial charge in [0, 0.05) is 13.1 Å². The fourth-order valence-corrected chi connectivity index (χ4v) is 1.57. The van der Waals surface area contributed by atoms with E-state index in [1.54, 1.807) is 0 Å². The summed E-state index contributed by atoms with van der Waals surface area (Å²) >= 11 is 0. The van der Waals surface area contributed by atoms with Gasteiger partial charge in [0.25, 0.3) is 0 Å². The van der Waals surface area contributed by atoms with Gasteiger partial charge in [0.15, 0.2) is 0 Å². The molecular weight excluding hydrogens is 268 g/mol. The van der Waals surface area contributed by atoms with Gasteiger partial charge in [-0.05, 0) is 18.2 Å². The van der Waals surface area contributed by atoms with Crippen LogP contribution in [0.3, 0.4) is 0 Å². The van der Waals surface area contributed by atoms with Crippen LogP contribution in [-0.4, -0.2) is 63.6 Å². The Labute approximate surface area is 114 Å². The monoisotopic (exact) mass is 284 g/mol. The van der Waals surface area contributed by atoms with Gasteiger partial charge >= 0.3 is 12.0 Å². The van der Waals surface area contributed by atoms with Crippen LogP contribution in [0, 0.1) is 0 Å². The number of carboxylic acid groups (broad SMARTS) is 1. The topological polar surface area (TPSA) is 130 Å². The van der Waals surface area contributed by atoms with E-state index >= 15 is 0 Å². The maximum atomic E-state index is 11.9. The second-order valence-corrected chi connectivity index (χ2v) is 3.90. The van der Waals surface area contributed by atoms with Crippen molar-refractivity contribution in [3.63, 3.8) is 0 Å². The molecular formula is C12H16N2O6. The number of anilines is 1. The molecule has 0 bridgehead atoms. The molecule has 0 aromatic heterocycles. The molecule has 0 atom stereocenters. The highest BCUT2D eigenvalue weighted by Crippen LogP contribution is 2.21. The molecule has 1 aromatic carbocycles. The first-order valence-electron chi connectivity index (χ1n) is 5.83. The number of nitrogens with one attached hydrogen (secondary N) is 1. The van der Waals surface area contributed by atoms with Crippen molar-refractivity contribution in [2.75, 3.05) is 31.6 Å². The van der Waals surface area contributed by atoms with E-state index in [-0.39, 0.29) is 43.3 Å². The van der Waals surface area contributed by atoms with Gasteiger partial charge in [0.05, 0.1) is 24.5 Å². The number of aliphatic hydroxyl groups excluding tert-OH is 2. The number of aromatic hydroxyl groups is 1. The third-order valence-electron chi connectivity index (χ3n) is 2.50. The normalized spacial score (nSPS) is 10.1. The highest BCUT2D eigenvalue weighted by atomic mass is 16.4. The maximum absolute atomic E-state index is 11.9. The van der Waals surface area contributed by atoms with Crippen LogP contribution in [0.15, 0.2) is 18.2 Å². The van der Waals surface area contributed by atoms with E-state index in [2.05, 4.69) is 5.32 Å². The molecule has 0 saturated heterocycles. The SMILES string of the molecule is O=C(O)c1cc(O)ccc1NC(=O)N(CCO)CCO. The highest BCUT2D eigenvalue weighted by Gasteiger charge is 2.17. The Balaban J connectivity index is 2.91. The molecule has 110 valence electrons. The van der Waals surface area contributed by atoms with Crippen LogP contribution >= 0.6 is 0 Å². The number of benzene rings is 1. The van der Waals surface area contributed by atoms with E-state index in [1.807, 2.05) is 0 Å². The number of hydrogen-bond acceptors (Lipinski definition) is 5. The van der Waals surface area contributed by atoms with Gasteiger partial charge in [-0.15, -0.1) is 0 Å². The number of aliphatic hydroxyl groups is 2. The summed E-state index contributed by atoms with van der Waals surface area (Å²) in [6.45, 7) is -0.552. The molecule has 0 aliphatic rings. The lowest BCUT2D eigenvalue weighted by Crippen LogP contribution is -2.39. The number of carboxylic acids is 1. The molecule has 0 radical (unpaired) electrons. The third-order valence-corrected chi connectivity index (χ3v) is 2.50. The van der Waals surface area contributed by atoms with Crippen LogP contribution in [0.25, 0.3) is 0 Å². The van der Waals surface area contributed by atoms with Crippen molar-refractivity contribution in [3.05, 3.63) is 23.8 Å². The van der Waals surface area contributed by atoms with Crippen molar-refractivity contribution >= 4 is 17.7 Å². The predicted octanol–water partition coefficient (Wildman–Crippen LogP) is -0.0911. The zero-order valence-electron chi connectivity index (χ0n) is 10.6. The van der Waals surface area contributed by atoms with Crippen molar-refractivity contribution < 1.29 is 30.0 Å². The summed E-state index contributed by atoms with van der Waals surface area (Å²) in [5.74, 6) is -1.53. The second-order valence-electron chi connectivity index (χ2n) is 3.90. The van der Waals surface area contributed by atoms with Gasteiger partial charge in [-0.1, -0.05) is 0 Å². The molecule has 8 heteroatoms. The molecule has 0 fully saturated rings. The van der Waals surface area contributed by atoms with Crippen LogP contribution in [0.2, 0.25) is 0 Å². The lowest BCUT2D eigenvalue weighted by molar-refractivity contribution is 0.0697. The zero-order valence-corrected chi connectivity index (χ0v) is 10.6. The van der Waals surface area contributed by atoms with E-state index in [0.29, 0.717) is 0 Å². The molecule has 20 heavy (non-hydrogen) atoms. The average Bonchev–Trinajstić information content (AvgIpc) is 2.40. The van der Waals surface area contributed by atoms with E-state index in [1.165, 1.54) is 12.1 Å². The molecule has 1 aromatic rings. The molecule has 0 unspecified atom stereocenters. The maximum Gasteiger partial charge on any atom is 0.337 e. The number of carbonyl (C=O) groups is 2. The largest absolute Gasteiger partial charge is 0.508 e. The average molecular weight is 284 g/mol. The van der Waals surface area contributed by atoms with E-state index < -0.39 is 12.0 Å². The number of urea groups is 1. The molecule has 0 aliphatic carbocycles. The first kappa shape index (κ1) is 15.7. The van der Waals surface area contributed by atoms with Crippen molar-refractivity contribution in [1.82, 2.24) is 4.90 Å². The molecule has 0 heterocycles. The van der Waals surface area contributed by atoms with Gasteiger partial charge < -0.3 is 30.6 Å². The number of amides is 2. The highest BCUT2D eigenvalue weighted by molar-refractivity contribution is 6.00. The van der Waals surface area contributed by atoms with Crippen LogP contribution in [-0.2, 0) is 0 Å². The summed E-state index contributed by atoms with van der Waals surface area (Å²) in [6.07, 6.45) is 0. The predicted molar refractivity (Wildman–Crippen MR) is 69.8 cm³/mol. The van der Waals surface area contributed by atoms with E-state index in [4.69, 9.17) is 15.3 Å². The number of carbonyl (C=O) groups excluding carboxylic acids is 1. The quantitative estimate of drug-likeness (QED) is 0.464. The Morgan fingerprint density at radius 2 is 1.75 bits per heavy atom. The number of phenolic OH excluding ortho intramolecular Hbond substituents is 1. The zero-order chi connectivity index (χ0) is 15.1. The van der Waals surface area contributed by atoms with Crippen LogP contribution in [0.1, 0.15) is 10.4 Å². The number of rotatable bonds is 6. The fraction of sp³-hybridized carbons (Fsp3) is 0.333. The fourth-order valence-electron chi connectivity index (χ4n) is 1.57. The Bertz CT molecular complexity index is 485. The third kappa shape index (κ3) is 4.11. The van der Waals surface area contributed by atoms with E-state index in [0.717, 1.165) is 11.0 Å². The number of hydrogen-bond donors (Lipinski definition) is 5.